The van der Waals surface area contributed by atoms with Crippen LogP contribution in [0.5, 0.6) is 11.5 Å². The van der Waals surface area contributed by atoms with E-state index in [1.54, 1.807) is 0 Å². The molecule has 19 heavy (non-hydrogen) atoms. The molecule has 1 aromatic carbocycles. The lowest BCUT2D eigenvalue weighted by Gasteiger charge is -2.30. The van der Waals surface area contributed by atoms with Gasteiger partial charge in [-0.1, -0.05) is 32.9 Å². The van der Waals surface area contributed by atoms with Crippen LogP contribution in [0.4, 0.5) is 0 Å². The molecule has 3 nitrogen and oxygen atoms in total. The van der Waals surface area contributed by atoms with Gasteiger partial charge in [-0.3, -0.25) is 0 Å². The average Bonchev–Trinajstić information content (AvgIpc) is 2.58. The lowest BCUT2D eigenvalue weighted by atomic mass is 9.89. The Morgan fingerprint density at radius 2 is 2.05 bits per heavy atom. The quantitative estimate of drug-likeness (QED) is 0.911. The van der Waals surface area contributed by atoms with E-state index < -0.39 is 0 Å². The van der Waals surface area contributed by atoms with E-state index in [0.29, 0.717) is 6.54 Å². The van der Waals surface area contributed by atoms with E-state index in [9.17, 15) is 0 Å². The van der Waals surface area contributed by atoms with Crippen LogP contribution in [-0.4, -0.2) is 18.2 Å². The molecular formula is C16H25NO2. The molecule has 0 fully saturated rings. The number of hydrogen-bond donors (Lipinski definition) is 1. The molecule has 0 aliphatic carbocycles. The first kappa shape index (κ1) is 14.2. The first-order valence-electron chi connectivity index (χ1n) is 6.90. The van der Waals surface area contributed by atoms with Crippen molar-refractivity contribution in [2.24, 2.45) is 11.1 Å². The number of nitrogens with two attached hydrogens (primary N) is 1. The van der Waals surface area contributed by atoms with E-state index in [-0.39, 0.29) is 17.1 Å². The zero-order chi connectivity index (χ0) is 14.3. The number of para-hydroxylation sites is 1. The second-order valence-electron chi connectivity index (χ2n) is 6.99. The second-order valence-corrected chi connectivity index (χ2v) is 6.99. The summed E-state index contributed by atoms with van der Waals surface area (Å²) in [4.78, 5) is 0. The van der Waals surface area contributed by atoms with Gasteiger partial charge in [-0.2, -0.15) is 0 Å². The third-order valence-corrected chi connectivity index (χ3v) is 3.50. The van der Waals surface area contributed by atoms with Crippen molar-refractivity contribution in [3.8, 4) is 11.5 Å². The summed E-state index contributed by atoms with van der Waals surface area (Å²) >= 11 is 0. The van der Waals surface area contributed by atoms with Crippen LogP contribution in [0.25, 0.3) is 0 Å². The molecule has 3 heteroatoms. The van der Waals surface area contributed by atoms with E-state index >= 15 is 0 Å². The van der Waals surface area contributed by atoms with Gasteiger partial charge in [0.15, 0.2) is 11.5 Å². The summed E-state index contributed by atoms with van der Waals surface area (Å²) < 4.78 is 12.1. The van der Waals surface area contributed by atoms with Crippen molar-refractivity contribution in [3.05, 3.63) is 23.8 Å². The van der Waals surface area contributed by atoms with Crippen molar-refractivity contribution in [2.45, 2.75) is 52.7 Å². The van der Waals surface area contributed by atoms with Gasteiger partial charge in [-0.25, -0.2) is 0 Å². The van der Waals surface area contributed by atoms with Crippen LogP contribution < -0.4 is 15.2 Å². The molecule has 0 spiro atoms. The largest absolute Gasteiger partial charge is 0.485 e. The van der Waals surface area contributed by atoms with Crippen LogP contribution in [0.1, 0.15) is 40.2 Å². The maximum absolute atomic E-state index is 6.11. The van der Waals surface area contributed by atoms with Crippen molar-refractivity contribution in [3.63, 3.8) is 0 Å². The van der Waals surface area contributed by atoms with Gasteiger partial charge < -0.3 is 15.2 Å². The number of fused-ring (bicyclic) bond motifs is 1. The lowest BCUT2D eigenvalue weighted by molar-refractivity contribution is 0.0817. The van der Waals surface area contributed by atoms with Crippen molar-refractivity contribution < 1.29 is 9.47 Å². The summed E-state index contributed by atoms with van der Waals surface area (Å²) in [6.45, 7) is 11.1. The van der Waals surface area contributed by atoms with Crippen LogP contribution in [0.2, 0.25) is 0 Å². The minimum Gasteiger partial charge on any atom is -0.485 e. The molecular weight excluding hydrogens is 238 g/mol. The van der Waals surface area contributed by atoms with Crippen LogP contribution in [-0.2, 0) is 6.42 Å². The SMILES string of the molecule is CC1(C)Cc2cccc(OC(CN)C(C)(C)C)c2O1. The summed E-state index contributed by atoms with van der Waals surface area (Å²) in [5.41, 5.74) is 6.91. The van der Waals surface area contributed by atoms with E-state index in [1.165, 1.54) is 5.56 Å². The Labute approximate surface area is 116 Å². The highest BCUT2D eigenvalue weighted by molar-refractivity contribution is 5.50. The van der Waals surface area contributed by atoms with Crippen LogP contribution in [0, 0.1) is 5.41 Å². The minimum atomic E-state index is -0.151. The van der Waals surface area contributed by atoms with Gasteiger partial charge in [-0.15, -0.1) is 0 Å². The average molecular weight is 263 g/mol. The fraction of sp³-hybridized carbons (Fsp3) is 0.625. The molecule has 2 rings (SSSR count). The first-order valence-corrected chi connectivity index (χ1v) is 6.90. The molecule has 0 saturated carbocycles. The Morgan fingerprint density at radius 1 is 1.37 bits per heavy atom. The minimum absolute atomic E-state index is 0.00555. The first-order chi connectivity index (χ1) is 8.73. The van der Waals surface area contributed by atoms with E-state index in [4.69, 9.17) is 15.2 Å². The predicted molar refractivity (Wildman–Crippen MR) is 77.8 cm³/mol. The van der Waals surface area contributed by atoms with Crippen molar-refractivity contribution in [2.75, 3.05) is 6.54 Å². The number of rotatable bonds is 3. The summed E-state index contributed by atoms with van der Waals surface area (Å²) in [6.07, 6.45) is 0.897. The molecule has 0 bridgehead atoms. The standard InChI is InChI=1S/C16H25NO2/c1-15(2,3)13(10-17)18-12-8-6-7-11-9-16(4,5)19-14(11)12/h6-8,13H,9-10,17H2,1-5H3. The summed E-state index contributed by atoms with van der Waals surface area (Å²) in [5, 5.41) is 0. The second kappa shape index (κ2) is 4.71. The Balaban J connectivity index is 2.26. The Bertz CT molecular complexity index is 460. The highest BCUT2D eigenvalue weighted by Crippen LogP contribution is 2.42. The Hall–Kier alpha value is -1.22. The van der Waals surface area contributed by atoms with Crippen molar-refractivity contribution in [1.29, 1.82) is 0 Å². The maximum atomic E-state index is 6.11. The molecule has 1 aliphatic heterocycles. The topological polar surface area (TPSA) is 44.5 Å². The fourth-order valence-corrected chi connectivity index (χ4v) is 2.41. The predicted octanol–water partition coefficient (Wildman–Crippen LogP) is 3.15. The number of ether oxygens (including phenoxy) is 2. The molecule has 0 saturated heterocycles. The molecule has 0 radical (unpaired) electrons. The Morgan fingerprint density at radius 3 is 2.63 bits per heavy atom. The van der Waals surface area contributed by atoms with Crippen molar-refractivity contribution in [1.82, 2.24) is 0 Å². The van der Waals surface area contributed by atoms with Gasteiger partial charge >= 0.3 is 0 Å². The molecule has 0 aromatic heterocycles. The molecule has 1 atom stereocenters. The van der Waals surface area contributed by atoms with Gasteiger partial charge in [0.05, 0.1) is 0 Å². The van der Waals surface area contributed by atoms with Gasteiger partial charge in [0.1, 0.15) is 11.7 Å². The zero-order valence-corrected chi connectivity index (χ0v) is 12.6. The van der Waals surface area contributed by atoms with E-state index in [2.05, 4.69) is 40.7 Å². The van der Waals surface area contributed by atoms with Crippen LogP contribution in [0.15, 0.2) is 18.2 Å². The van der Waals surface area contributed by atoms with E-state index in [1.807, 2.05) is 12.1 Å². The smallest absolute Gasteiger partial charge is 0.165 e. The molecule has 106 valence electrons. The maximum Gasteiger partial charge on any atom is 0.165 e. The molecule has 1 aromatic rings. The summed E-state index contributed by atoms with van der Waals surface area (Å²) in [5.74, 6) is 1.70. The third-order valence-electron chi connectivity index (χ3n) is 3.50. The molecule has 1 aliphatic rings. The summed E-state index contributed by atoms with van der Waals surface area (Å²) in [7, 11) is 0. The number of benzene rings is 1. The lowest BCUT2D eigenvalue weighted by Crippen LogP contribution is -2.38. The van der Waals surface area contributed by atoms with E-state index in [0.717, 1.165) is 17.9 Å². The molecule has 1 heterocycles. The number of hydrogen-bond acceptors (Lipinski definition) is 3. The molecule has 0 amide bonds. The molecule has 2 N–H and O–H groups in total. The molecule has 1 unspecified atom stereocenters. The monoisotopic (exact) mass is 263 g/mol. The fourth-order valence-electron chi connectivity index (χ4n) is 2.41. The summed E-state index contributed by atoms with van der Waals surface area (Å²) in [6, 6.07) is 6.09. The van der Waals surface area contributed by atoms with Crippen LogP contribution in [0.3, 0.4) is 0 Å². The van der Waals surface area contributed by atoms with Crippen LogP contribution >= 0.6 is 0 Å². The van der Waals surface area contributed by atoms with Gasteiger partial charge in [0.25, 0.3) is 0 Å². The van der Waals surface area contributed by atoms with Crippen molar-refractivity contribution >= 4 is 0 Å². The Kier molecular flexibility index (Phi) is 3.52. The normalized spacial score (nSPS) is 18.6. The zero-order valence-electron chi connectivity index (χ0n) is 12.6. The highest BCUT2D eigenvalue weighted by Gasteiger charge is 2.34. The van der Waals surface area contributed by atoms with Gasteiger partial charge in [0, 0.05) is 23.9 Å². The van der Waals surface area contributed by atoms with Gasteiger partial charge in [-0.05, 0) is 19.9 Å². The van der Waals surface area contributed by atoms with Gasteiger partial charge in [0.2, 0.25) is 0 Å². The third kappa shape index (κ3) is 3.03. The highest BCUT2D eigenvalue weighted by atomic mass is 16.5.